The van der Waals surface area contributed by atoms with E-state index in [0.717, 1.165) is 22.6 Å². The zero-order valence-corrected chi connectivity index (χ0v) is 16.8. The van der Waals surface area contributed by atoms with E-state index in [4.69, 9.17) is 0 Å². The maximum Gasteiger partial charge on any atom is 0.416 e. The van der Waals surface area contributed by atoms with Crippen molar-refractivity contribution >= 4 is 11.9 Å². The van der Waals surface area contributed by atoms with Crippen molar-refractivity contribution in [2.45, 2.75) is 44.5 Å². The van der Waals surface area contributed by atoms with Gasteiger partial charge in [0.2, 0.25) is 0 Å². The highest BCUT2D eigenvalue weighted by atomic mass is 19.4. The lowest BCUT2D eigenvalue weighted by molar-refractivity contribution is -0.138. The van der Waals surface area contributed by atoms with Crippen molar-refractivity contribution in [3.63, 3.8) is 0 Å². The van der Waals surface area contributed by atoms with Crippen molar-refractivity contribution < 1.29 is 27.9 Å². The Labute approximate surface area is 172 Å². The third-order valence-electron chi connectivity index (χ3n) is 5.38. The number of β-amino-alcohol motifs (C(OH)–C–C–N with tert-alkyl or cyclic N) is 1. The number of urea groups is 1. The van der Waals surface area contributed by atoms with E-state index in [1.807, 2.05) is 26.0 Å². The van der Waals surface area contributed by atoms with Gasteiger partial charge >= 0.3 is 12.2 Å². The second kappa shape index (κ2) is 7.75. The number of carbonyl (C=O) groups excluding carboxylic acids is 2. The average Bonchev–Trinajstić information content (AvgIpc) is 2.91. The fourth-order valence-corrected chi connectivity index (χ4v) is 3.46. The van der Waals surface area contributed by atoms with Gasteiger partial charge in [0.15, 0.2) is 0 Å². The Morgan fingerprint density at radius 2 is 1.70 bits per heavy atom. The van der Waals surface area contributed by atoms with Gasteiger partial charge in [-0.05, 0) is 41.7 Å². The summed E-state index contributed by atoms with van der Waals surface area (Å²) < 4.78 is 38.8. The minimum atomic E-state index is -4.56. The van der Waals surface area contributed by atoms with Crippen molar-refractivity contribution in [2.75, 3.05) is 6.54 Å². The molecule has 2 aromatic carbocycles. The fraction of sp³-hybridized carbons (Fsp3) is 0.364. The monoisotopic (exact) mass is 420 g/mol. The van der Waals surface area contributed by atoms with E-state index in [-0.39, 0.29) is 5.56 Å². The fourth-order valence-electron chi connectivity index (χ4n) is 3.46. The zero-order valence-electron chi connectivity index (χ0n) is 16.8. The minimum absolute atomic E-state index is 0.0275. The SMILES string of the molecule is CC(C)c1ccc(C2(C)NC(=O)N(CC(O)c3cccc(C(F)(F)F)c3)C2=O)cc1. The molecule has 1 heterocycles. The maximum atomic E-state index is 13.0. The van der Waals surface area contributed by atoms with Gasteiger partial charge in [0.25, 0.3) is 5.91 Å². The molecule has 0 bridgehead atoms. The molecule has 2 atom stereocenters. The molecule has 2 N–H and O–H groups in total. The molecule has 2 aromatic rings. The molecule has 3 amide bonds. The van der Waals surface area contributed by atoms with Gasteiger partial charge in [0.05, 0.1) is 18.2 Å². The van der Waals surface area contributed by atoms with Crippen LogP contribution in [0.25, 0.3) is 0 Å². The van der Waals surface area contributed by atoms with Crippen molar-refractivity contribution in [3.05, 3.63) is 70.8 Å². The Kier molecular flexibility index (Phi) is 5.64. The van der Waals surface area contributed by atoms with Crippen molar-refractivity contribution in [3.8, 4) is 0 Å². The highest BCUT2D eigenvalue weighted by Gasteiger charge is 2.49. The van der Waals surface area contributed by atoms with Crippen LogP contribution in [0.5, 0.6) is 0 Å². The van der Waals surface area contributed by atoms with Gasteiger partial charge in [-0.2, -0.15) is 13.2 Å². The predicted molar refractivity (Wildman–Crippen MR) is 105 cm³/mol. The van der Waals surface area contributed by atoms with Crippen LogP contribution >= 0.6 is 0 Å². The molecule has 0 saturated carbocycles. The molecule has 160 valence electrons. The molecule has 30 heavy (non-hydrogen) atoms. The van der Waals surface area contributed by atoms with Crippen LogP contribution in [-0.4, -0.2) is 28.5 Å². The summed E-state index contributed by atoms with van der Waals surface area (Å²) >= 11 is 0. The van der Waals surface area contributed by atoms with Gasteiger partial charge in [0.1, 0.15) is 5.54 Å². The number of alkyl halides is 3. The number of benzene rings is 2. The number of carbonyl (C=O) groups is 2. The topological polar surface area (TPSA) is 69.6 Å². The molecule has 2 unspecified atom stereocenters. The Balaban J connectivity index is 1.81. The molecule has 0 aliphatic carbocycles. The van der Waals surface area contributed by atoms with Gasteiger partial charge in [0, 0.05) is 0 Å². The van der Waals surface area contributed by atoms with Crippen molar-refractivity contribution in [2.24, 2.45) is 0 Å². The first-order valence-corrected chi connectivity index (χ1v) is 9.53. The Morgan fingerprint density at radius 1 is 1.07 bits per heavy atom. The first-order valence-electron chi connectivity index (χ1n) is 9.53. The summed E-state index contributed by atoms with van der Waals surface area (Å²) in [7, 11) is 0. The molecule has 8 heteroatoms. The molecule has 0 radical (unpaired) electrons. The standard InChI is InChI=1S/C22H23F3N2O3/c1-13(2)14-7-9-16(10-8-14)21(3)19(29)27(20(30)26-21)12-18(28)15-5-4-6-17(11-15)22(23,24)25/h4-11,13,18,28H,12H2,1-3H3,(H,26,30). The normalized spacial score (nSPS) is 20.6. The van der Waals surface area contributed by atoms with E-state index in [0.29, 0.717) is 11.5 Å². The number of halogens is 3. The maximum absolute atomic E-state index is 13.0. The summed E-state index contributed by atoms with van der Waals surface area (Å²) in [5.41, 5.74) is -0.593. The quantitative estimate of drug-likeness (QED) is 0.708. The van der Waals surface area contributed by atoms with Crippen molar-refractivity contribution in [1.29, 1.82) is 0 Å². The summed E-state index contributed by atoms with van der Waals surface area (Å²) in [6.07, 6.45) is -6.01. The summed E-state index contributed by atoms with van der Waals surface area (Å²) in [6, 6.07) is 10.8. The summed E-state index contributed by atoms with van der Waals surface area (Å²) in [5, 5.41) is 13.0. The van der Waals surface area contributed by atoms with Gasteiger partial charge in [-0.15, -0.1) is 0 Å². The summed E-state index contributed by atoms with van der Waals surface area (Å²) in [4.78, 5) is 26.3. The second-order valence-corrected chi connectivity index (χ2v) is 7.89. The highest BCUT2D eigenvalue weighted by molar-refractivity contribution is 6.07. The molecule has 5 nitrogen and oxygen atoms in total. The van der Waals surface area contributed by atoms with Crippen LogP contribution in [0.2, 0.25) is 0 Å². The van der Waals surface area contributed by atoms with E-state index in [1.165, 1.54) is 12.1 Å². The third kappa shape index (κ3) is 4.05. The van der Waals surface area contributed by atoms with Gasteiger partial charge < -0.3 is 10.4 Å². The highest BCUT2D eigenvalue weighted by Crippen LogP contribution is 2.33. The molecule has 1 fully saturated rings. The molecular formula is C22H23F3N2O3. The number of imide groups is 1. The Hall–Kier alpha value is -2.87. The average molecular weight is 420 g/mol. The van der Waals surface area contributed by atoms with E-state index in [2.05, 4.69) is 5.32 Å². The lowest BCUT2D eigenvalue weighted by Crippen LogP contribution is -2.41. The number of aliphatic hydroxyl groups excluding tert-OH is 1. The Morgan fingerprint density at radius 3 is 2.27 bits per heavy atom. The number of hydrogen-bond donors (Lipinski definition) is 2. The lowest BCUT2D eigenvalue weighted by atomic mass is 9.90. The van der Waals surface area contributed by atoms with Crippen LogP contribution in [-0.2, 0) is 16.5 Å². The van der Waals surface area contributed by atoms with E-state index < -0.39 is 41.9 Å². The summed E-state index contributed by atoms with van der Waals surface area (Å²) in [5.74, 6) is -0.268. The molecule has 0 aromatic heterocycles. The molecule has 3 rings (SSSR count). The smallest absolute Gasteiger partial charge is 0.387 e. The molecule has 1 aliphatic rings. The van der Waals surface area contributed by atoms with E-state index in [1.54, 1.807) is 19.1 Å². The van der Waals surface area contributed by atoms with Crippen LogP contribution in [0.3, 0.4) is 0 Å². The van der Waals surface area contributed by atoms with Crippen LogP contribution in [0.4, 0.5) is 18.0 Å². The van der Waals surface area contributed by atoms with Crippen molar-refractivity contribution in [1.82, 2.24) is 10.2 Å². The number of nitrogens with zero attached hydrogens (tertiary/aromatic N) is 1. The summed E-state index contributed by atoms with van der Waals surface area (Å²) in [6.45, 7) is 5.19. The van der Waals surface area contributed by atoms with Gasteiger partial charge in [-0.25, -0.2) is 4.79 Å². The number of rotatable bonds is 5. The molecule has 0 spiro atoms. The van der Waals surface area contributed by atoms with E-state index in [9.17, 15) is 27.9 Å². The van der Waals surface area contributed by atoms with E-state index >= 15 is 0 Å². The first kappa shape index (κ1) is 21.8. The minimum Gasteiger partial charge on any atom is -0.387 e. The van der Waals surface area contributed by atoms with Gasteiger partial charge in [-0.1, -0.05) is 50.2 Å². The lowest BCUT2D eigenvalue weighted by Gasteiger charge is -2.24. The number of hydrogen-bond acceptors (Lipinski definition) is 3. The van der Waals surface area contributed by atoms with Crippen LogP contribution in [0, 0.1) is 0 Å². The predicted octanol–water partition coefficient (Wildman–Crippen LogP) is 4.33. The molecule has 1 saturated heterocycles. The number of nitrogens with one attached hydrogen (secondary N) is 1. The number of aliphatic hydroxyl groups is 1. The molecular weight excluding hydrogens is 397 g/mol. The van der Waals surface area contributed by atoms with Crippen LogP contribution in [0.1, 0.15) is 55.0 Å². The largest absolute Gasteiger partial charge is 0.416 e. The van der Waals surface area contributed by atoms with Gasteiger partial charge in [-0.3, -0.25) is 9.69 Å². The first-order chi connectivity index (χ1) is 13.9. The van der Waals surface area contributed by atoms with Crippen LogP contribution in [0.15, 0.2) is 48.5 Å². The second-order valence-electron chi connectivity index (χ2n) is 7.89. The molecule has 1 aliphatic heterocycles. The third-order valence-corrected chi connectivity index (χ3v) is 5.38. The number of amides is 3. The Bertz CT molecular complexity index is 957. The zero-order chi connectivity index (χ0) is 22.3. The van der Waals surface area contributed by atoms with Crippen LogP contribution < -0.4 is 5.32 Å².